The van der Waals surface area contributed by atoms with Crippen molar-refractivity contribution in [2.45, 2.75) is 13.8 Å². The lowest BCUT2D eigenvalue weighted by molar-refractivity contribution is -0.110. The predicted octanol–water partition coefficient (Wildman–Crippen LogP) is 2.89. The first-order valence-electron chi connectivity index (χ1n) is 9.32. The van der Waals surface area contributed by atoms with E-state index in [1.54, 1.807) is 36.9 Å². The highest BCUT2D eigenvalue weighted by atomic mass is 19.1. The Labute approximate surface area is 174 Å². The SMILES string of the molecule is Cc1c(C(=O)O)c(C)n(-n2nnc3cccnc32)c1/C=C1\C(=O)Nc2ccc(F)cc21. The summed E-state index contributed by atoms with van der Waals surface area (Å²) in [6.07, 6.45) is 3.11. The molecular weight excluding hydrogens is 403 g/mol. The summed E-state index contributed by atoms with van der Waals surface area (Å²) >= 11 is 0. The van der Waals surface area contributed by atoms with Crippen LogP contribution in [-0.4, -0.2) is 41.7 Å². The molecule has 0 spiro atoms. The lowest BCUT2D eigenvalue weighted by Crippen LogP contribution is -2.16. The first kappa shape index (κ1) is 18.7. The minimum atomic E-state index is -1.12. The third-order valence-electron chi connectivity index (χ3n) is 5.31. The summed E-state index contributed by atoms with van der Waals surface area (Å²) in [6, 6.07) is 7.46. The zero-order chi connectivity index (χ0) is 21.9. The number of aromatic carboxylic acids is 1. The number of benzene rings is 1. The number of hydrogen-bond acceptors (Lipinski definition) is 5. The second-order valence-corrected chi connectivity index (χ2v) is 7.11. The first-order chi connectivity index (χ1) is 14.9. The van der Waals surface area contributed by atoms with E-state index in [0.717, 1.165) is 0 Å². The average molecular weight is 418 g/mol. The van der Waals surface area contributed by atoms with Crippen LogP contribution in [0.1, 0.15) is 32.9 Å². The monoisotopic (exact) mass is 418 g/mol. The molecule has 4 aromatic rings. The number of hydrogen-bond donors (Lipinski definition) is 2. The van der Waals surface area contributed by atoms with Crippen molar-refractivity contribution in [3.63, 3.8) is 0 Å². The van der Waals surface area contributed by atoms with Gasteiger partial charge in [-0.05, 0) is 61.0 Å². The molecule has 1 aromatic carbocycles. The third-order valence-corrected chi connectivity index (χ3v) is 5.31. The van der Waals surface area contributed by atoms with Gasteiger partial charge in [0.25, 0.3) is 5.91 Å². The number of fused-ring (bicyclic) bond motifs is 2. The third kappa shape index (κ3) is 2.72. The van der Waals surface area contributed by atoms with E-state index in [4.69, 9.17) is 0 Å². The van der Waals surface area contributed by atoms with E-state index in [2.05, 4.69) is 20.6 Å². The number of halogens is 1. The van der Waals surface area contributed by atoms with Crippen LogP contribution in [0.2, 0.25) is 0 Å². The maximum Gasteiger partial charge on any atom is 0.337 e. The van der Waals surface area contributed by atoms with Crippen LogP contribution in [0.5, 0.6) is 0 Å². The van der Waals surface area contributed by atoms with E-state index in [9.17, 15) is 19.1 Å². The number of pyridine rings is 1. The molecule has 1 amide bonds. The van der Waals surface area contributed by atoms with Crippen molar-refractivity contribution < 1.29 is 19.1 Å². The van der Waals surface area contributed by atoms with Crippen LogP contribution in [0.15, 0.2) is 36.5 Å². The Morgan fingerprint density at radius 2 is 2.06 bits per heavy atom. The van der Waals surface area contributed by atoms with E-state index < -0.39 is 17.7 Å². The van der Waals surface area contributed by atoms with Crippen LogP contribution >= 0.6 is 0 Å². The largest absolute Gasteiger partial charge is 0.478 e. The molecule has 3 aromatic heterocycles. The van der Waals surface area contributed by atoms with Gasteiger partial charge in [-0.15, -0.1) is 9.89 Å². The van der Waals surface area contributed by atoms with Crippen molar-refractivity contribution >= 4 is 40.4 Å². The molecule has 0 radical (unpaired) electrons. The predicted molar refractivity (Wildman–Crippen MR) is 110 cm³/mol. The van der Waals surface area contributed by atoms with Gasteiger partial charge in [0.15, 0.2) is 0 Å². The highest BCUT2D eigenvalue weighted by molar-refractivity contribution is 6.35. The highest BCUT2D eigenvalue weighted by Gasteiger charge is 2.28. The number of anilines is 1. The molecule has 0 saturated carbocycles. The van der Waals surface area contributed by atoms with Gasteiger partial charge in [-0.1, -0.05) is 0 Å². The van der Waals surface area contributed by atoms with Gasteiger partial charge in [0.05, 0.1) is 22.5 Å². The molecule has 5 rings (SSSR count). The Hall–Kier alpha value is -4.34. The molecule has 1 aliphatic rings. The Morgan fingerprint density at radius 1 is 1.26 bits per heavy atom. The molecule has 31 heavy (non-hydrogen) atoms. The molecule has 1 aliphatic heterocycles. The Bertz CT molecular complexity index is 1450. The van der Waals surface area contributed by atoms with E-state index in [1.165, 1.54) is 29.1 Å². The fourth-order valence-electron chi connectivity index (χ4n) is 3.90. The van der Waals surface area contributed by atoms with Crippen LogP contribution in [0, 0.1) is 19.7 Å². The van der Waals surface area contributed by atoms with Crippen molar-refractivity contribution in [3.8, 4) is 0 Å². The van der Waals surface area contributed by atoms with E-state index >= 15 is 0 Å². The van der Waals surface area contributed by atoms with Crippen molar-refractivity contribution in [2.75, 3.05) is 5.32 Å². The lowest BCUT2D eigenvalue weighted by Gasteiger charge is -2.10. The van der Waals surface area contributed by atoms with Crippen LogP contribution in [-0.2, 0) is 4.79 Å². The normalized spacial score (nSPS) is 14.3. The summed E-state index contributed by atoms with van der Waals surface area (Å²) in [5.41, 5.74) is 3.31. The van der Waals surface area contributed by atoms with E-state index in [1.807, 2.05) is 0 Å². The summed E-state index contributed by atoms with van der Waals surface area (Å²) in [6.45, 7) is 3.28. The van der Waals surface area contributed by atoms with Gasteiger partial charge < -0.3 is 10.4 Å². The molecule has 0 unspecified atom stereocenters. The number of nitrogens with one attached hydrogen (secondary N) is 1. The second-order valence-electron chi connectivity index (χ2n) is 7.11. The van der Waals surface area contributed by atoms with Gasteiger partial charge in [-0.2, -0.15) is 0 Å². The summed E-state index contributed by atoms with van der Waals surface area (Å²) in [7, 11) is 0. The van der Waals surface area contributed by atoms with Gasteiger partial charge in [-0.3, -0.25) is 4.79 Å². The van der Waals surface area contributed by atoms with Crippen molar-refractivity contribution in [2.24, 2.45) is 0 Å². The fraction of sp³-hybridized carbons (Fsp3) is 0.0952. The quantitative estimate of drug-likeness (QED) is 0.495. The first-order valence-corrected chi connectivity index (χ1v) is 9.32. The number of rotatable bonds is 3. The summed E-state index contributed by atoms with van der Waals surface area (Å²) in [4.78, 5) is 30.3. The zero-order valence-electron chi connectivity index (χ0n) is 16.4. The minimum absolute atomic E-state index is 0.0734. The molecule has 0 aliphatic carbocycles. The van der Waals surface area contributed by atoms with Gasteiger partial charge in [0.1, 0.15) is 11.3 Å². The number of aromatic nitrogens is 5. The van der Waals surface area contributed by atoms with Gasteiger partial charge in [-0.25, -0.2) is 18.8 Å². The molecule has 154 valence electrons. The average Bonchev–Trinajstić information content (AvgIpc) is 3.35. The molecule has 0 saturated heterocycles. The number of carbonyl (C=O) groups excluding carboxylic acids is 1. The minimum Gasteiger partial charge on any atom is -0.478 e. The van der Waals surface area contributed by atoms with Crippen LogP contribution in [0.25, 0.3) is 22.8 Å². The van der Waals surface area contributed by atoms with Crippen LogP contribution in [0.3, 0.4) is 0 Å². The van der Waals surface area contributed by atoms with Gasteiger partial charge >= 0.3 is 5.97 Å². The number of carboxylic acid groups (broad SMARTS) is 1. The molecule has 0 fully saturated rings. The van der Waals surface area contributed by atoms with Crippen molar-refractivity contribution in [1.82, 2.24) is 24.8 Å². The molecule has 0 atom stereocenters. The standard InChI is InChI=1S/C21H15FN6O3/c1-10-17(9-14-13-8-12(22)5-6-15(13)24-20(14)29)27(11(2)18(10)21(30)31)28-19-16(25-26-28)4-3-7-23-19/h3-9H,1-2H3,(H,24,29)(H,30,31)/b14-9-. The van der Waals surface area contributed by atoms with E-state index in [0.29, 0.717) is 39.4 Å². The topological polar surface area (TPSA) is 115 Å². The Balaban J connectivity index is 1.82. The Kier molecular flexibility index (Phi) is 3.97. The summed E-state index contributed by atoms with van der Waals surface area (Å²) < 4.78 is 15.4. The van der Waals surface area contributed by atoms with Crippen LogP contribution in [0.4, 0.5) is 10.1 Å². The summed E-state index contributed by atoms with van der Waals surface area (Å²) in [5.74, 6) is -2.01. The number of carbonyl (C=O) groups is 2. The lowest BCUT2D eigenvalue weighted by atomic mass is 10.0. The fourth-order valence-corrected chi connectivity index (χ4v) is 3.90. The second kappa shape index (κ2) is 6.59. The molecule has 0 bridgehead atoms. The maximum absolute atomic E-state index is 13.9. The van der Waals surface area contributed by atoms with Crippen molar-refractivity contribution in [3.05, 3.63) is 70.4 Å². The molecule has 9 nitrogen and oxygen atoms in total. The van der Waals surface area contributed by atoms with Crippen molar-refractivity contribution in [1.29, 1.82) is 0 Å². The van der Waals surface area contributed by atoms with Crippen LogP contribution < -0.4 is 5.32 Å². The number of nitrogens with zero attached hydrogens (tertiary/aromatic N) is 5. The maximum atomic E-state index is 13.9. The summed E-state index contributed by atoms with van der Waals surface area (Å²) in [5, 5.41) is 20.7. The molecular formula is C21H15FN6O3. The molecule has 4 heterocycles. The number of amides is 1. The van der Waals surface area contributed by atoms with Gasteiger partial charge in [0, 0.05) is 17.4 Å². The van der Waals surface area contributed by atoms with Gasteiger partial charge in [0.2, 0.25) is 5.65 Å². The molecule has 2 N–H and O–H groups in total. The highest BCUT2D eigenvalue weighted by Crippen LogP contribution is 2.35. The zero-order valence-corrected chi connectivity index (χ0v) is 16.4. The number of carboxylic acids is 1. The van der Waals surface area contributed by atoms with E-state index in [-0.39, 0.29) is 11.1 Å². The molecule has 10 heteroatoms. The Morgan fingerprint density at radius 3 is 2.84 bits per heavy atom. The smallest absolute Gasteiger partial charge is 0.337 e.